The van der Waals surface area contributed by atoms with Crippen molar-refractivity contribution in [1.29, 1.82) is 0 Å². The average Bonchev–Trinajstić information content (AvgIpc) is 3.39. The molecule has 0 radical (unpaired) electrons. The number of aliphatic hydroxyl groups excluding tert-OH is 1. The number of ketones is 1. The number of carbonyl (C=O) groups is 2. The molecule has 12 heteroatoms. The van der Waals surface area contributed by atoms with E-state index in [4.69, 9.17) is 0 Å². The molecule has 0 aliphatic rings. The molecular weight excluding hydrogens is 465 g/mol. The quantitative estimate of drug-likeness (QED) is 0.387. The summed E-state index contributed by atoms with van der Waals surface area (Å²) in [5.74, 6) is -0.973. The van der Waals surface area contributed by atoms with Gasteiger partial charge in [0.2, 0.25) is 5.91 Å². The second kappa shape index (κ2) is 9.29. The zero-order valence-corrected chi connectivity index (χ0v) is 18.7. The van der Waals surface area contributed by atoms with Gasteiger partial charge < -0.3 is 19.6 Å². The highest BCUT2D eigenvalue weighted by Gasteiger charge is 2.32. The van der Waals surface area contributed by atoms with Crippen molar-refractivity contribution < 1.29 is 27.9 Å². The molecule has 0 saturated carbocycles. The Hall–Kier alpha value is -4.06. The maximum absolute atomic E-state index is 13.3. The number of aryl methyl sites for hydroxylation is 1. The normalized spacial score (nSPS) is 12.6. The van der Waals surface area contributed by atoms with Crippen LogP contribution in [0.1, 0.15) is 40.1 Å². The number of hydrogen-bond acceptors (Lipinski definition) is 6. The molecule has 1 atom stereocenters. The first-order valence-corrected chi connectivity index (χ1v) is 10.5. The first-order chi connectivity index (χ1) is 16.6. The van der Waals surface area contributed by atoms with Gasteiger partial charge in [0.05, 0.1) is 35.7 Å². The predicted octanol–water partition coefficient (Wildman–Crippen LogP) is 3.38. The Labute approximate surface area is 197 Å². The minimum atomic E-state index is -4.51. The zero-order chi connectivity index (χ0) is 25.3. The molecule has 35 heavy (non-hydrogen) atoms. The average molecular weight is 486 g/mol. The van der Waals surface area contributed by atoms with E-state index >= 15 is 0 Å². The van der Waals surface area contributed by atoms with Gasteiger partial charge >= 0.3 is 6.18 Å². The van der Waals surface area contributed by atoms with Gasteiger partial charge in [-0.25, -0.2) is 9.97 Å². The van der Waals surface area contributed by atoms with Crippen molar-refractivity contribution in [3.63, 3.8) is 0 Å². The number of amides is 1. The van der Waals surface area contributed by atoms with Crippen LogP contribution in [-0.4, -0.2) is 47.5 Å². The Morgan fingerprint density at radius 2 is 1.91 bits per heavy atom. The monoisotopic (exact) mass is 486 g/mol. The number of halogens is 3. The Morgan fingerprint density at radius 3 is 2.60 bits per heavy atom. The summed E-state index contributed by atoms with van der Waals surface area (Å²) in [6, 6.07) is 2.07. The fraction of sp³-hybridized carbons (Fsp3) is 0.261. The van der Waals surface area contributed by atoms with Crippen molar-refractivity contribution in [2.75, 3.05) is 11.9 Å². The lowest BCUT2D eigenvalue weighted by atomic mass is 10.1. The molecule has 182 valence electrons. The van der Waals surface area contributed by atoms with Gasteiger partial charge in [0.15, 0.2) is 5.78 Å². The van der Waals surface area contributed by atoms with Crippen LogP contribution in [0.2, 0.25) is 0 Å². The highest BCUT2D eigenvalue weighted by atomic mass is 19.4. The lowest BCUT2D eigenvalue weighted by Gasteiger charge is -2.10. The molecule has 4 heterocycles. The second-order valence-electron chi connectivity index (χ2n) is 8.08. The number of anilines is 1. The van der Waals surface area contributed by atoms with E-state index in [1.165, 1.54) is 42.5 Å². The third-order valence-electron chi connectivity index (χ3n) is 5.52. The Balaban J connectivity index is 1.56. The van der Waals surface area contributed by atoms with Gasteiger partial charge in [0.1, 0.15) is 18.5 Å². The molecule has 4 aromatic rings. The fourth-order valence-corrected chi connectivity index (χ4v) is 3.68. The van der Waals surface area contributed by atoms with E-state index in [9.17, 15) is 27.9 Å². The molecule has 0 spiro atoms. The topological polar surface area (TPSA) is 115 Å². The summed E-state index contributed by atoms with van der Waals surface area (Å²) < 4.78 is 41.6. The Bertz CT molecular complexity index is 1410. The molecule has 0 fully saturated rings. The van der Waals surface area contributed by atoms with Crippen molar-refractivity contribution >= 4 is 28.4 Å². The summed E-state index contributed by atoms with van der Waals surface area (Å²) in [4.78, 5) is 37.9. The summed E-state index contributed by atoms with van der Waals surface area (Å²) in [7, 11) is 0. The van der Waals surface area contributed by atoms with Crippen molar-refractivity contribution in [1.82, 2.24) is 24.1 Å². The van der Waals surface area contributed by atoms with Crippen LogP contribution in [0.3, 0.4) is 0 Å². The molecule has 4 aromatic heterocycles. The van der Waals surface area contributed by atoms with Crippen molar-refractivity contribution in [2.24, 2.45) is 0 Å². The maximum atomic E-state index is 13.3. The number of rotatable bonds is 7. The maximum Gasteiger partial charge on any atom is 0.417 e. The summed E-state index contributed by atoms with van der Waals surface area (Å²) >= 11 is 0. The number of pyridine rings is 1. The smallest absolute Gasteiger partial charge is 0.394 e. The standard InChI is InChI=1S/C23H21F3N6O3/c1-13-3-16(23(24,25)26)8-31(13)10-20(34)30-17-4-15(5-27-6-17)21(35)19-9-32(14(2)11-33)22-18(19)7-28-12-29-22/h3-9,12,14,33H,10-11H2,1-2H3,(H,30,34)/t14-/m0/s1. The Morgan fingerprint density at radius 1 is 1.14 bits per heavy atom. The summed E-state index contributed by atoms with van der Waals surface area (Å²) in [5.41, 5.74) is 0.627. The van der Waals surface area contributed by atoms with Gasteiger partial charge in [-0.2, -0.15) is 13.2 Å². The number of fused-ring (bicyclic) bond motifs is 1. The minimum absolute atomic E-state index is 0.157. The van der Waals surface area contributed by atoms with Crippen molar-refractivity contribution in [2.45, 2.75) is 32.6 Å². The van der Waals surface area contributed by atoms with Gasteiger partial charge in [-0.1, -0.05) is 0 Å². The van der Waals surface area contributed by atoms with Crippen LogP contribution in [0.4, 0.5) is 18.9 Å². The molecule has 9 nitrogen and oxygen atoms in total. The van der Waals surface area contributed by atoms with Crippen LogP contribution < -0.4 is 5.32 Å². The first kappa shape index (κ1) is 24.1. The summed E-state index contributed by atoms with van der Waals surface area (Å²) in [6.07, 6.45) is 3.47. The Kier molecular flexibility index (Phi) is 6.39. The molecular formula is C23H21F3N6O3. The van der Waals surface area contributed by atoms with Crippen LogP contribution in [-0.2, 0) is 17.5 Å². The third-order valence-corrected chi connectivity index (χ3v) is 5.52. The molecule has 1 amide bonds. The van der Waals surface area contributed by atoms with Crippen LogP contribution in [0.15, 0.2) is 49.4 Å². The number of aliphatic hydroxyl groups is 1. The fourth-order valence-electron chi connectivity index (χ4n) is 3.68. The molecule has 0 unspecified atom stereocenters. The third kappa shape index (κ3) is 4.92. The highest BCUT2D eigenvalue weighted by Crippen LogP contribution is 2.30. The van der Waals surface area contributed by atoms with Crippen LogP contribution in [0.5, 0.6) is 0 Å². The molecule has 0 aromatic carbocycles. The summed E-state index contributed by atoms with van der Waals surface area (Å²) in [6.45, 7) is 2.75. The molecule has 0 bridgehead atoms. The number of hydrogen-bond donors (Lipinski definition) is 2. The van der Waals surface area contributed by atoms with Gasteiger partial charge in [-0.15, -0.1) is 0 Å². The summed E-state index contributed by atoms with van der Waals surface area (Å²) in [5, 5.41) is 12.6. The van der Waals surface area contributed by atoms with Crippen molar-refractivity contribution in [3.05, 3.63) is 71.8 Å². The second-order valence-corrected chi connectivity index (χ2v) is 8.08. The molecule has 0 aliphatic carbocycles. The molecule has 2 N–H and O–H groups in total. The van der Waals surface area contributed by atoms with E-state index in [0.717, 1.165) is 12.3 Å². The van der Waals surface area contributed by atoms with Crippen LogP contribution >= 0.6 is 0 Å². The number of carbonyl (C=O) groups excluding carboxylic acids is 2. The zero-order valence-electron chi connectivity index (χ0n) is 18.7. The molecule has 0 aliphatic heterocycles. The number of alkyl halides is 3. The SMILES string of the molecule is Cc1cc(C(F)(F)F)cn1CC(=O)Nc1cncc(C(=O)c2cn([C@@H](C)CO)c3ncncc23)c1. The van der Waals surface area contributed by atoms with E-state index in [1.807, 2.05) is 0 Å². The number of nitrogens with zero attached hydrogens (tertiary/aromatic N) is 5. The van der Waals surface area contributed by atoms with Gasteiger partial charge in [-0.3, -0.25) is 14.6 Å². The first-order valence-electron chi connectivity index (χ1n) is 10.5. The largest absolute Gasteiger partial charge is 0.417 e. The van der Waals surface area contributed by atoms with E-state index in [2.05, 4.69) is 20.3 Å². The van der Waals surface area contributed by atoms with E-state index in [0.29, 0.717) is 16.6 Å². The molecule has 4 rings (SSSR count). The highest BCUT2D eigenvalue weighted by molar-refractivity contribution is 6.16. The van der Waals surface area contributed by atoms with Gasteiger partial charge in [0.25, 0.3) is 0 Å². The molecule has 0 saturated heterocycles. The van der Waals surface area contributed by atoms with Crippen LogP contribution in [0.25, 0.3) is 11.0 Å². The lowest BCUT2D eigenvalue weighted by Crippen LogP contribution is -2.19. The van der Waals surface area contributed by atoms with E-state index in [-0.39, 0.29) is 36.1 Å². The van der Waals surface area contributed by atoms with E-state index < -0.39 is 23.4 Å². The van der Waals surface area contributed by atoms with Gasteiger partial charge in [-0.05, 0) is 26.0 Å². The minimum Gasteiger partial charge on any atom is -0.394 e. The number of aromatic nitrogens is 5. The number of nitrogens with one attached hydrogen (secondary N) is 1. The predicted molar refractivity (Wildman–Crippen MR) is 120 cm³/mol. The van der Waals surface area contributed by atoms with E-state index in [1.54, 1.807) is 17.7 Å². The van der Waals surface area contributed by atoms with Crippen molar-refractivity contribution in [3.8, 4) is 0 Å². The van der Waals surface area contributed by atoms with Gasteiger partial charge in [0, 0.05) is 41.4 Å². The lowest BCUT2D eigenvalue weighted by molar-refractivity contribution is -0.137. The van der Waals surface area contributed by atoms with Crippen LogP contribution in [0, 0.1) is 6.92 Å².